The van der Waals surface area contributed by atoms with Crippen molar-refractivity contribution in [3.05, 3.63) is 58.4 Å². The highest BCUT2D eigenvalue weighted by atomic mass is 35.5. The minimum atomic E-state index is -0.238. The molecule has 2 rings (SSSR count). The first-order chi connectivity index (χ1) is 9.47. The second kappa shape index (κ2) is 5.92. The summed E-state index contributed by atoms with van der Waals surface area (Å²) in [5, 5.41) is 3.56. The summed E-state index contributed by atoms with van der Waals surface area (Å²) in [5.41, 5.74) is 8.41. The van der Waals surface area contributed by atoms with Crippen molar-refractivity contribution in [1.82, 2.24) is 10.3 Å². The first kappa shape index (κ1) is 14.3. The number of aryl methyl sites for hydroxylation is 1. The number of nitrogens with two attached hydrogens (primary N) is 1. The summed E-state index contributed by atoms with van der Waals surface area (Å²) in [6.07, 6.45) is 1.49. The van der Waals surface area contributed by atoms with Gasteiger partial charge in [-0.2, -0.15) is 0 Å². The zero-order chi connectivity index (χ0) is 14.7. The topological polar surface area (TPSA) is 68.0 Å². The van der Waals surface area contributed by atoms with Crippen LogP contribution in [0.3, 0.4) is 0 Å². The Hall–Kier alpha value is -2.07. The summed E-state index contributed by atoms with van der Waals surface area (Å²) in [4.78, 5) is 16.3. The monoisotopic (exact) mass is 289 g/mol. The van der Waals surface area contributed by atoms with Crippen molar-refractivity contribution >= 4 is 23.2 Å². The van der Waals surface area contributed by atoms with Gasteiger partial charge in [-0.15, -0.1) is 0 Å². The number of carbonyl (C=O) groups excluding carboxylic acids is 1. The molecule has 0 fully saturated rings. The third-order valence-electron chi connectivity index (χ3n) is 3.03. The molecule has 0 bridgehead atoms. The van der Waals surface area contributed by atoms with Crippen LogP contribution >= 0.6 is 11.6 Å². The molecule has 4 nitrogen and oxygen atoms in total. The highest BCUT2D eigenvalue weighted by Crippen LogP contribution is 2.18. The molecular weight excluding hydrogens is 274 g/mol. The van der Waals surface area contributed by atoms with E-state index in [0.29, 0.717) is 16.3 Å². The average molecular weight is 290 g/mol. The minimum absolute atomic E-state index is 0.138. The fourth-order valence-corrected chi connectivity index (χ4v) is 2.01. The smallest absolute Gasteiger partial charge is 0.255 e. The molecule has 1 heterocycles. The first-order valence-electron chi connectivity index (χ1n) is 6.26. The maximum Gasteiger partial charge on any atom is 0.255 e. The Morgan fingerprint density at radius 3 is 2.60 bits per heavy atom. The summed E-state index contributed by atoms with van der Waals surface area (Å²) in [6, 6.07) is 8.89. The largest absolute Gasteiger partial charge is 0.398 e. The molecule has 1 aromatic carbocycles. The van der Waals surface area contributed by atoms with E-state index in [1.54, 1.807) is 18.2 Å². The number of benzene rings is 1. The van der Waals surface area contributed by atoms with E-state index < -0.39 is 0 Å². The molecule has 0 aliphatic heterocycles. The van der Waals surface area contributed by atoms with Crippen molar-refractivity contribution in [3.63, 3.8) is 0 Å². The quantitative estimate of drug-likeness (QED) is 0.912. The number of halogens is 1. The number of pyridine rings is 1. The van der Waals surface area contributed by atoms with Crippen LogP contribution in [0.25, 0.3) is 0 Å². The van der Waals surface area contributed by atoms with Crippen molar-refractivity contribution in [3.8, 4) is 0 Å². The normalized spacial score (nSPS) is 11.9. The Morgan fingerprint density at radius 1 is 1.35 bits per heavy atom. The summed E-state index contributed by atoms with van der Waals surface area (Å²) in [5.74, 6) is -0.238. The van der Waals surface area contributed by atoms with E-state index in [2.05, 4.69) is 10.3 Å². The van der Waals surface area contributed by atoms with Gasteiger partial charge in [0.2, 0.25) is 0 Å². The number of aromatic nitrogens is 1. The van der Waals surface area contributed by atoms with Crippen LogP contribution in [0.4, 0.5) is 5.69 Å². The van der Waals surface area contributed by atoms with Gasteiger partial charge >= 0.3 is 0 Å². The van der Waals surface area contributed by atoms with Crippen LogP contribution in [0.1, 0.15) is 34.6 Å². The molecule has 3 N–H and O–H groups in total. The standard InChI is InChI=1S/C15H16ClN3O/c1-9-7-14(17)13(8-18-9)15(20)19-10(2)11-3-5-12(16)6-4-11/h3-8,10H,1-2H3,(H2,17,18)(H,19,20). The van der Waals surface area contributed by atoms with Crippen molar-refractivity contribution in [2.45, 2.75) is 19.9 Å². The lowest BCUT2D eigenvalue weighted by molar-refractivity contribution is 0.0940. The Bertz CT molecular complexity index is 626. The zero-order valence-corrected chi connectivity index (χ0v) is 12.1. The molecule has 1 unspecified atom stereocenters. The Kier molecular flexibility index (Phi) is 4.25. The summed E-state index contributed by atoms with van der Waals surface area (Å²) >= 11 is 5.84. The Morgan fingerprint density at radius 2 is 2.00 bits per heavy atom. The molecule has 0 radical (unpaired) electrons. The Labute approximate surface area is 123 Å². The fraction of sp³-hybridized carbons (Fsp3) is 0.200. The van der Waals surface area contributed by atoms with Gasteiger partial charge in [-0.05, 0) is 37.6 Å². The predicted molar refractivity (Wildman–Crippen MR) is 80.7 cm³/mol. The van der Waals surface area contributed by atoms with Crippen molar-refractivity contribution in [1.29, 1.82) is 0 Å². The lowest BCUT2D eigenvalue weighted by Gasteiger charge is -2.15. The predicted octanol–water partition coefficient (Wildman–Crippen LogP) is 3.12. The lowest BCUT2D eigenvalue weighted by Crippen LogP contribution is -2.27. The molecule has 0 saturated carbocycles. The third-order valence-corrected chi connectivity index (χ3v) is 3.29. The maximum absolute atomic E-state index is 12.2. The molecule has 0 aliphatic rings. The molecule has 0 saturated heterocycles. The molecule has 1 aromatic heterocycles. The van der Waals surface area contributed by atoms with Gasteiger partial charge in [-0.3, -0.25) is 9.78 Å². The third kappa shape index (κ3) is 3.27. The van der Waals surface area contributed by atoms with Gasteiger partial charge < -0.3 is 11.1 Å². The van der Waals surface area contributed by atoms with Gasteiger partial charge in [-0.1, -0.05) is 23.7 Å². The SMILES string of the molecule is Cc1cc(N)c(C(=O)NC(C)c2ccc(Cl)cc2)cn1. The number of amides is 1. The second-order valence-corrected chi connectivity index (χ2v) is 5.10. The van der Waals surface area contributed by atoms with Crippen LogP contribution in [-0.4, -0.2) is 10.9 Å². The number of hydrogen-bond donors (Lipinski definition) is 2. The molecule has 0 aliphatic carbocycles. The van der Waals surface area contributed by atoms with Crippen LogP contribution in [0, 0.1) is 6.92 Å². The maximum atomic E-state index is 12.2. The van der Waals surface area contributed by atoms with Gasteiger partial charge in [0.05, 0.1) is 11.6 Å². The molecule has 2 aromatic rings. The van der Waals surface area contributed by atoms with E-state index in [4.69, 9.17) is 17.3 Å². The van der Waals surface area contributed by atoms with Crippen molar-refractivity contribution in [2.75, 3.05) is 5.73 Å². The van der Waals surface area contributed by atoms with Gasteiger partial charge in [0.15, 0.2) is 0 Å². The van der Waals surface area contributed by atoms with E-state index in [9.17, 15) is 4.79 Å². The highest BCUT2D eigenvalue weighted by Gasteiger charge is 2.14. The summed E-state index contributed by atoms with van der Waals surface area (Å²) in [7, 11) is 0. The number of hydrogen-bond acceptors (Lipinski definition) is 3. The van der Waals surface area contributed by atoms with Gasteiger partial charge in [0.1, 0.15) is 0 Å². The number of anilines is 1. The number of nitrogens with one attached hydrogen (secondary N) is 1. The van der Waals surface area contributed by atoms with Crippen LogP contribution in [-0.2, 0) is 0 Å². The van der Waals surface area contributed by atoms with Crippen LogP contribution in [0.5, 0.6) is 0 Å². The van der Waals surface area contributed by atoms with Gasteiger partial charge in [-0.25, -0.2) is 0 Å². The number of carbonyl (C=O) groups is 1. The van der Waals surface area contributed by atoms with Gasteiger partial charge in [0, 0.05) is 22.6 Å². The molecule has 20 heavy (non-hydrogen) atoms. The van der Waals surface area contributed by atoms with E-state index in [0.717, 1.165) is 11.3 Å². The van der Waals surface area contributed by atoms with E-state index in [1.165, 1.54) is 6.20 Å². The lowest BCUT2D eigenvalue weighted by atomic mass is 10.1. The first-order valence-corrected chi connectivity index (χ1v) is 6.63. The van der Waals surface area contributed by atoms with Gasteiger partial charge in [0.25, 0.3) is 5.91 Å². The summed E-state index contributed by atoms with van der Waals surface area (Å²) < 4.78 is 0. The van der Waals surface area contributed by atoms with E-state index in [1.807, 2.05) is 26.0 Å². The molecule has 0 spiro atoms. The molecule has 104 valence electrons. The van der Waals surface area contributed by atoms with E-state index in [-0.39, 0.29) is 11.9 Å². The molecular formula is C15H16ClN3O. The number of nitrogens with zero attached hydrogens (tertiary/aromatic N) is 1. The zero-order valence-electron chi connectivity index (χ0n) is 11.4. The molecule has 5 heteroatoms. The minimum Gasteiger partial charge on any atom is -0.398 e. The van der Waals surface area contributed by atoms with Crippen molar-refractivity contribution < 1.29 is 4.79 Å². The van der Waals surface area contributed by atoms with Crippen LogP contribution in [0.15, 0.2) is 36.5 Å². The highest BCUT2D eigenvalue weighted by molar-refractivity contribution is 6.30. The van der Waals surface area contributed by atoms with E-state index >= 15 is 0 Å². The number of nitrogen functional groups attached to an aromatic ring is 1. The Balaban J connectivity index is 2.13. The average Bonchev–Trinajstić information content (AvgIpc) is 2.39. The van der Waals surface area contributed by atoms with Crippen LogP contribution in [0.2, 0.25) is 5.02 Å². The molecule has 1 amide bonds. The molecule has 1 atom stereocenters. The number of rotatable bonds is 3. The fourth-order valence-electron chi connectivity index (χ4n) is 1.88. The van der Waals surface area contributed by atoms with Crippen molar-refractivity contribution in [2.24, 2.45) is 0 Å². The van der Waals surface area contributed by atoms with Crippen LogP contribution < -0.4 is 11.1 Å². The second-order valence-electron chi connectivity index (χ2n) is 4.66. The summed E-state index contributed by atoms with van der Waals surface area (Å²) in [6.45, 7) is 3.73.